The lowest BCUT2D eigenvalue weighted by Gasteiger charge is -2.23. The van der Waals surface area contributed by atoms with E-state index >= 15 is 0 Å². The zero-order valence-corrected chi connectivity index (χ0v) is 17.0. The van der Waals surface area contributed by atoms with Crippen molar-refractivity contribution in [1.29, 1.82) is 0 Å². The molecule has 0 radical (unpaired) electrons. The third kappa shape index (κ3) is 5.47. The molecule has 0 atom stereocenters. The van der Waals surface area contributed by atoms with Crippen LogP contribution in [0.4, 0.5) is 11.4 Å². The second-order valence-electron chi connectivity index (χ2n) is 7.18. The molecular formula is C21H25ClN2O3. The molecule has 6 heteroatoms. The standard InChI is InChI=1S/C21H25ClN2O3/c1-13(2)27-17-9-7-16(8-10-17)23-19(25)21(4,5)20(26)24-18-11-6-15(22)12-14(18)3/h6-13H,1-5H3,(H,23,25)(H,24,26). The number of ether oxygens (including phenoxy) is 1. The quantitative estimate of drug-likeness (QED) is 0.681. The van der Waals surface area contributed by atoms with E-state index < -0.39 is 17.2 Å². The zero-order valence-electron chi connectivity index (χ0n) is 16.2. The maximum Gasteiger partial charge on any atom is 0.239 e. The summed E-state index contributed by atoms with van der Waals surface area (Å²) in [4.78, 5) is 25.3. The van der Waals surface area contributed by atoms with Gasteiger partial charge in [-0.3, -0.25) is 9.59 Å². The normalized spacial score (nSPS) is 11.2. The third-order valence-electron chi connectivity index (χ3n) is 4.06. The summed E-state index contributed by atoms with van der Waals surface area (Å²) in [6.07, 6.45) is 0.0735. The number of benzene rings is 2. The molecule has 0 aliphatic carbocycles. The molecule has 2 aromatic carbocycles. The van der Waals surface area contributed by atoms with Crippen LogP contribution in [0.15, 0.2) is 42.5 Å². The fourth-order valence-corrected chi connectivity index (χ4v) is 2.55. The summed E-state index contributed by atoms with van der Waals surface area (Å²) in [5.74, 6) is -0.0763. The van der Waals surface area contributed by atoms with Crippen molar-refractivity contribution in [1.82, 2.24) is 0 Å². The second kappa shape index (κ2) is 8.44. The van der Waals surface area contributed by atoms with Gasteiger partial charge >= 0.3 is 0 Å². The lowest BCUT2D eigenvalue weighted by atomic mass is 9.90. The van der Waals surface area contributed by atoms with E-state index in [0.717, 1.165) is 11.3 Å². The molecule has 0 spiro atoms. The van der Waals surface area contributed by atoms with Gasteiger partial charge in [0.2, 0.25) is 11.8 Å². The molecule has 27 heavy (non-hydrogen) atoms. The van der Waals surface area contributed by atoms with E-state index in [0.29, 0.717) is 16.4 Å². The van der Waals surface area contributed by atoms with Crippen molar-refractivity contribution in [3.63, 3.8) is 0 Å². The van der Waals surface area contributed by atoms with E-state index in [4.69, 9.17) is 16.3 Å². The Kier molecular flexibility index (Phi) is 6.50. The highest BCUT2D eigenvalue weighted by molar-refractivity contribution is 6.30. The van der Waals surface area contributed by atoms with Crippen LogP contribution < -0.4 is 15.4 Å². The highest BCUT2D eigenvalue weighted by Crippen LogP contribution is 2.25. The first-order valence-corrected chi connectivity index (χ1v) is 9.13. The fraction of sp³-hybridized carbons (Fsp3) is 0.333. The Hall–Kier alpha value is -2.53. The Morgan fingerprint density at radius 2 is 1.59 bits per heavy atom. The molecular weight excluding hydrogens is 364 g/mol. The lowest BCUT2D eigenvalue weighted by molar-refractivity contribution is -0.135. The monoisotopic (exact) mass is 388 g/mol. The molecule has 0 heterocycles. The summed E-state index contributed by atoms with van der Waals surface area (Å²) < 4.78 is 5.58. The van der Waals surface area contributed by atoms with Gasteiger partial charge < -0.3 is 15.4 Å². The van der Waals surface area contributed by atoms with Crippen LogP contribution in [0.5, 0.6) is 5.75 Å². The molecule has 2 N–H and O–H groups in total. The van der Waals surface area contributed by atoms with Crippen LogP contribution in [-0.2, 0) is 9.59 Å². The Morgan fingerprint density at radius 1 is 1.00 bits per heavy atom. The largest absolute Gasteiger partial charge is 0.491 e. The number of nitrogens with one attached hydrogen (secondary N) is 2. The summed E-state index contributed by atoms with van der Waals surface area (Å²) in [7, 11) is 0. The summed E-state index contributed by atoms with van der Waals surface area (Å²) in [5, 5.41) is 6.16. The number of amides is 2. The van der Waals surface area contributed by atoms with Gasteiger partial charge in [-0.05, 0) is 82.6 Å². The minimum absolute atomic E-state index is 0.0735. The molecule has 2 rings (SSSR count). The van der Waals surface area contributed by atoms with E-state index in [9.17, 15) is 9.59 Å². The van der Waals surface area contributed by atoms with Gasteiger partial charge in [0.05, 0.1) is 6.10 Å². The van der Waals surface area contributed by atoms with Gasteiger partial charge in [0, 0.05) is 16.4 Å². The molecule has 2 amide bonds. The Morgan fingerprint density at radius 3 is 2.15 bits per heavy atom. The van der Waals surface area contributed by atoms with E-state index in [-0.39, 0.29) is 6.10 Å². The summed E-state index contributed by atoms with van der Waals surface area (Å²) in [6, 6.07) is 12.2. The topological polar surface area (TPSA) is 67.4 Å². The number of anilines is 2. The van der Waals surface area contributed by atoms with Gasteiger partial charge in [-0.2, -0.15) is 0 Å². The molecule has 0 aliphatic rings. The van der Waals surface area contributed by atoms with Crippen molar-refractivity contribution in [3.8, 4) is 5.75 Å². The predicted octanol–water partition coefficient (Wildman–Crippen LogP) is 5.04. The first kappa shape index (κ1) is 20.8. The smallest absolute Gasteiger partial charge is 0.239 e. The summed E-state index contributed by atoms with van der Waals surface area (Å²) in [6.45, 7) is 8.89. The highest BCUT2D eigenvalue weighted by atomic mass is 35.5. The highest BCUT2D eigenvalue weighted by Gasteiger charge is 2.36. The van der Waals surface area contributed by atoms with E-state index in [1.807, 2.05) is 20.8 Å². The van der Waals surface area contributed by atoms with Crippen molar-refractivity contribution in [2.75, 3.05) is 10.6 Å². The number of hydrogen-bond acceptors (Lipinski definition) is 3. The van der Waals surface area contributed by atoms with Crippen molar-refractivity contribution in [3.05, 3.63) is 53.1 Å². The van der Waals surface area contributed by atoms with Gasteiger partial charge in [0.1, 0.15) is 11.2 Å². The van der Waals surface area contributed by atoms with E-state index in [1.54, 1.807) is 56.3 Å². The molecule has 0 aliphatic heterocycles. The van der Waals surface area contributed by atoms with Crippen LogP contribution in [0, 0.1) is 12.3 Å². The van der Waals surface area contributed by atoms with Gasteiger partial charge in [-0.25, -0.2) is 0 Å². The molecule has 144 valence electrons. The molecule has 5 nitrogen and oxygen atoms in total. The van der Waals surface area contributed by atoms with Crippen LogP contribution in [-0.4, -0.2) is 17.9 Å². The third-order valence-corrected chi connectivity index (χ3v) is 4.29. The zero-order chi connectivity index (χ0) is 20.2. The Balaban J connectivity index is 2.06. The number of carbonyl (C=O) groups is 2. The number of hydrogen-bond donors (Lipinski definition) is 2. The molecule has 0 unspecified atom stereocenters. The summed E-state index contributed by atoms with van der Waals surface area (Å²) >= 11 is 5.94. The molecule has 0 saturated heterocycles. The Labute approximate surface area is 165 Å². The van der Waals surface area contributed by atoms with Crippen LogP contribution in [0.1, 0.15) is 33.3 Å². The maximum atomic E-state index is 12.7. The van der Waals surface area contributed by atoms with Crippen molar-refractivity contribution in [2.24, 2.45) is 5.41 Å². The maximum absolute atomic E-state index is 12.7. The van der Waals surface area contributed by atoms with Gasteiger partial charge in [0.25, 0.3) is 0 Å². The molecule has 0 fully saturated rings. The van der Waals surface area contributed by atoms with Gasteiger partial charge in [0.15, 0.2) is 0 Å². The van der Waals surface area contributed by atoms with Crippen LogP contribution in [0.3, 0.4) is 0 Å². The minimum Gasteiger partial charge on any atom is -0.491 e. The fourth-order valence-electron chi connectivity index (χ4n) is 2.33. The van der Waals surface area contributed by atoms with Gasteiger partial charge in [-0.1, -0.05) is 11.6 Å². The Bertz CT molecular complexity index is 830. The van der Waals surface area contributed by atoms with E-state index in [2.05, 4.69) is 10.6 Å². The summed E-state index contributed by atoms with van der Waals surface area (Å²) in [5.41, 5.74) is 0.784. The molecule has 2 aromatic rings. The number of halogens is 1. The van der Waals surface area contributed by atoms with Crippen molar-refractivity contribution < 1.29 is 14.3 Å². The van der Waals surface area contributed by atoms with Crippen molar-refractivity contribution >= 4 is 34.8 Å². The second-order valence-corrected chi connectivity index (χ2v) is 7.62. The number of rotatable bonds is 6. The molecule has 0 saturated carbocycles. The minimum atomic E-state index is -1.26. The van der Waals surface area contributed by atoms with E-state index in [1.165, 1.54) is 0 Å². The van der Waals surface area contributed by atoms with Crippen molar-refractivity contribution in [2.45, 2.75) is 40.7 Å². The van der Waals surface area contributed by atoms with Crippen LogP contribution >= 0.6 is 11.6 Å². The average Bonchev–Trinajstić information content (AvgIpc) is 2.58. The number of aryl methyl sites for hydroxylation is 1. The molecule has 0 aromatic heterocycles. The molecule has 0 bridgehead atoms. The predicted molar refractivity (Wildman–Crippen MR) is 109 cm³/mol. The number of carbonyl (C=O) groups excluding carboxylic acids is 2. The first-order valence-electron chi connectivity index (χ1n) is 8.75. The SMILES string of the molecule is Cc1cc(Cl)ccc1NC(=O)C(C)(C)C(=O)Nc1ccc(OC(C)C)cc1. The van der Waals surface area contributed by atoms with Crippen LogP contribution in [0.2, 0.25) is 5.02 Å². The average molecular weight is 389 g/mol. The lowest BCUT2D eigenvalue weighted by Crippen LogP contribution is -2.41. The van der Waals surface area contributed by atoms with Gasteiger partial charge in [-0.15, -0.1) is 0 Å². The van der Waals surface area contributed by atoms with Crippen LogP contribution in [0.25, 0.3) is 0 Å². The first-order chi connectivity index (χ1) is 12.6.